The molecular weight excluding hydrogens is 356 g/mol. The molecule has 0 fully saturated rings. The third-order valence-corrected chi connectivity index (χ3v) is 3.97. The van der Waals surface area contributed by atoms with Crippen LogP contribution >= 0.6 is 11.6 Å². The lowest BCUT2D eigenvalue weighted by atomic mass is 10.1. The van der Waals surface area contributed by atoms with Crippen LogP contribution in [-0.4, -0.2) is 25.5 Å². The summed E-state index contributed by atoms with van der Waals surface area (Å²) in [4.78, 5) is 26.7. The molecule has 130 valence electrons. The Morgan fingerprint density at radius 1 is 1.27 bits per heavy atom. The first-order chi connectivity index (χ1) is 12.5. The summed E-state index contributed by atoms with van der Waals surface area (Å²) in [6.45, 7) is 0. The van der Waals surface area contributed by atoms with Gasteiger partial charge in [-0.1, -0.05) is 11.6 Å². The van der Waals surface area contributed by atoms with Gasteiger partial charge < -0.3 is 0 Å². The standard InChI is InChI=1S/C18H13ClN4O3/c1-22-11-14(18(21-22)12-6-8-20-9-7-12)3-5-17(24)13-2-4-15(19)16(10-13)23(25)26/h2-11H,1H3. The molecule has 2 heterocycles. The highest BCUT2D eigenvalue weighted by Gasteiger charge is 2.15. The lowest BCUT2D eigenvalue weighted by Crippen LogP contribution is -1.97. The second-order valence-electron chi connectivity index (χ2n) is 5.46. The quantitative estimate of drug-likeness (QED) is 0.294. The molecular formula is C18H13ClN4O3. The zero-order valence-electron chi connectivity index (χ0n) is 13.7. The number of hydrogen-bond acceptors (Lipinski definition) is 5. The van der Waals surface area contributed by atoms with Crippen molar-refractivity contribution in [3.63, 3.8) is 0 Å². The predicted molar refractivity (Wildman–Crippen MR) is 97.9 cm³/mol. The molecule has 0 aliphatic rings. The van der Waals surface area contributed by atoms with Crippen LogP contribution < -0.4 is 0 Å². The number of pyridine rings is 1. The number of benzene rings is 1. The zero-order chi connectivity index (χ0) is 18.7. The summed E-state index contributed by atoms with van der Waals surface area (Å²) in [7, 11) is 1.78. The third-order valence-electron chi connectivity index (χ3n) is 3.65. The van der Waals surface area contributed by atoms with E-state index in [1.165, 1.54) is 24.3 Å². The predicted octanol–water partition coefficient (Wildman–Crippen LogP) is 3.94. The summed E-state index contributed by atoms with van der Waals surface area (Å²) in [5, 5.41) is 15.3. The number of halogens is 1. The molecule has 0 bridgehead atoms. The fourth-order valence-corrected chi connectivity index (χ4v) is 2.62. The number of nitrogens with zero attached hydrogens (tertiary/aromatic N) is 4. The second-order valence-corrected chi connectivity index (χ2v) is 5.87. The molecule has 3 rings (SSSR count). The molecule has 1 aromatic carbocycles. The largest absolute Gasteiger partial charge is 0.289 e. The maximum atomic E-state index is 12.4. The van der Waals surface area contributed by atoms with Gasteiger partial charge in [0.15, 0.2) is 5.78 Å². The van der Waals surface area contributed by atoms with Gasteiger partial charge in [0.05, 0.1) is 10.6 Å². The number of rotatable bonds is 5. The highest BCUT2D eigenvalue weighted by atomic mass is 35.5. The van der Waals surface area contributed by atoms with Crippen molar-refractivity contribution in [2.24, 2.45) is 7.05 Å². The first-order valence-corrected chi connectivity index (χ1v) is 7.94. The zero-order valence-corrected chi connectivity index (χ0v) is 14.4. The monoisotopic (exact) mass is 368 g/mol. The lowest BCUT2D eigenvalue weighted by Gasteiger charge is -1.99. The van der Waals surface area contributed by atoms with Crippen molar-refractivity contribution < 1.29 is 9.72 Å². The third kappa shape index (κ3) is 3.68. The number of allylic oxidation sites excluding steroid dienone is 1. The Bertz CT molecular complexity index is 1010. The molecule has 8 heteroatoms. The van der Waals surface area contributed by atoms with E-state index in [1.807, 2.05) is 12.1 Å². The van der Waals surface area contributed by atoms with Crippen LogP contribution in [0.1, 0.15) is 15.9 Å². The van der Waals surface area contributed by atoms with Gasteiger partial charge in [-0.15, -0.1) is 0 Å². The Labute approximate surface area is 153 Å². The Kier molecular flexibility index (Phi) is 4.90. The first-order valence-electron chi connectivity index (χ1n) is 7.56. The number of hydrogen-bond donors (Lipinski definition) is 0. The summed E-state index contributed by atoms with van der Waals surface area (Å²) in [6.07, 6.45) is 8.09. The number of aryl methyl sites for hydroxylation is 1. The molecule has 2 aromatic heterocycles. The fraction of sp³-hybridized carbons (Fsp3) is 0.0556. The van der Waals surface area contributed by atoms with Gasteiger partial charge in [-0.05, 0) is 36.4 Å². The second kappa shape index (κ2) is 7.28. The maximum absolute atomic E-state index is 12.4. The van der Waals surface area contributed by atoms with Crippen LogP contribution in [-0.2, 0) is 7.05 Å². The first kappa shape index (κ1) is 17.5. The van der Waals surface area contributed by atoms with Crippen LogP contribution in [0.5, 0.6) is 0 Å². The molecule has 0 amide bonds. The number of ketones is 1. The van der Waals surface area contributed by atoms with E-state index in [0.29, 0.717) is 5.69 Å². The van der Waals surface area contributed by atoms with Gasteiger partial charge >= 0.3 is 0 Å². The molecule has 0 radical (unpaired) electrons. The van der Waals surface area contributed by atoms with Crippen LogP contribution in [0.3, 0.4) is 0 Å². The molecule has 3 aromatic rings. The summed E-state index contributed by atoms with van der Waals surface area (Å²) < 4.78 is 1.65. The van der Waals surface area contributed by atoms with Crippen molar-refractivity contribution in [1.82, 2.24) is 14.8 Å². The molecule has 0 N–H and O–H groups in total. The lowest BCUT2D eigenvalue weighted by molar-refractivity contribution is -0.384. The van der Waals surface area contributed by atoms with Crippen molar-refractivity contribution in [1.29, 1.82) is 0 Å². The fourth-order valence-electron chi connectivity index (χ4n) is 2.43. The summed E-state index contributed by atoms with van der Waals surface area (Å²) in [5.41, 5.74) is 2.21. The van der Waals surface area contributed by atoms with Crippen LogP contribution in [0, 0.1) is 10.1 Å². The van der Waals surface area contributed by atoms with E-state index in [0.717, 1.165) is 11.1 Å². The molecule has 0 saturated heterocycles. The van der Waals surface area contributed by atoms with Gasteiger partial charge in [0.25, 0.3) is 5.69 Å². The van der Waals surface area contributed by atoms with Gasteiger partial charge in [-0.25, -0.2) is 0 Å². The van der Waals surface area contributed by atoms with Crippen molar-refractivity contribution >= 4 is 29.1 Å². The van der Waals surface area contributed by atoms with E-state index < -0.39 is 4.92 Å². The average Bonchev–Trinajstić information content (AvgIpc) is 3.01. The molecule has 0 atom stereocenters. The van der Waals surface area contributed by atoms with Crippen LogP contribution in [0.4, 0.5) is 5.69 Å². The minimum Gasteiger partial charge on any atom is -0.289 e. The number of aromatic nitrogens is 3. The minimum absolute atomic E-state index is 0.0113. The average molecular weight is 369 g/mol. The van der Waals surface area contributed by atoms with Crippen molar-refractivity contribution in [3.05, 3.63) is 81.3 Å². The number of carbonyl (C=O) groups is 1. The maximum Gasteiger partial charge on any atom is 0.288 e. The summed E-state index contributed by atoms with van der Waals surface area (Å²) in [6, 6.07) is 7.61. The number of carbonyl (C=O) groups excluding carboxylic acids is 1. The summed E-state index contributed by atoms with van der Waals surface area (Å²) in [5.74, 6) is -0.366. The molecule has 0 unspecified atom stereocenters. The molecule has 0 aliphatic heterocycles. The van der Waals surface area contributed by atoms with Crippen molar-refractivity contribution in [2.45, 2.75) is 0 Å². The Balaban J connectivity index is 1.90. The smallest absolute Gasteiger partial charge is 0.288 e. The van der Waals surface area contributed by atoms with Crippen molar-refractivity contribution in [2.75, 3.05) is 0 Å². The normalized spacial score (nSPS) is 11.0. The van der Waals surface area contributed by atoms with Gasteiger partial charge in [-0.2, -0.15) is 5.10 Å². The SMILES string of the molecule is Cn1cc(C=CC(=O)c2ccc(Cl)c([N+](=O)[O-])c2)c(-c2ccncc2)n1. The molecule has 0 spiro atoms. The van der Waals surface area contributed by atoms with Gasteiger partial charge in [-0.3, -0.25) is 24.6 Å². The van der Waals surface area contributed by atoms with Gasteiger partial charge in [0.2, 0.25) is 0 Å². The van der Waals surface area contributed by atoms with E-state index in [4.69, 9.17) is 11.6 Å². The van der Waals surface area contributed by atoms with Gasteiger partial charge in [0.1, 0.15) is 5.02 Å². The van der Waals surface area contributed by atoms with Crippen LogP contribution in [0.2, 0.25) is 5.02 Å². The number of nitro groups is 1. The van der Waals surface area contributed by atoms with Crippen LogP contribution in [0.15, 0.2) is 55.0 Å². The van der Waals surface area contributed by atoms with E-state index in [9.17, 15) is 14.9 Å². The van der Waals surface area contributed by atoms with E-state index in [1.54, 1.807) is 36.4 Å². The molecule has 7 nitrogen and oxygen atoms in total. The van der Waals surface area contributed by atoms with E-state index in [-0.39, 0.29) is 22.1 Å². The topological polar surface area (TPSA) is 90.9 Å². The molecule has 26 heavy (non-hydrogen) atoms. The molecule has 0 saturated carbocycles. The highest BCUT2D eigenvalue weighted by Crippen LogP contribution is 2.26. The van der Waals surface area contributed by atoms with Crippen LogP contribution in [0.25, 0.3) is 17.3 Å². The van der Waals surface area contributed by atoms with Crippen molar-refractivity contribution in [3.8, 4) is 11.3 Å². The number of nitro benzene ring substituents is 1. The summed E-state index contributed by atoms with van der Waals surface area (Å²) >= 11 is 5.77. The Hall–Kier alpha value is -3.32. The van der Waals surface area contributed by atoms with Gasteiger partial charge in [0, 0.05) is 48.4 Å². The highest BCUT2D eigenvalue weighted by molar-refractivity contribution is 6.32. The minimum atomic E-state index is -0.620. The molecule has 0 aliphatic carbocycles. The van der Waals surface area contributed by atoms with E-state index in [2.05, 4.69) is 10.1 Å². The Morgan fingerprint density at radius 2 is 2.00 bits per heavy atom. The van der Waals surface area contributed by atoms with E-state index >= 15 is 0 Å². The Morgan fingerprint density at radius 3 is 2.69 bits per heavy atom.